The van der Waals surface area contributed by atoms with Gasteiger partial charge < -0.3 is 9.84 Å². The molecule has 0 heterocycles. The molecule has 5 rings (SSSR count). The topological polar surface area (TPSA) is 63.6 Å². The summed E-state index contributed by atoms with van der Waals surface area (Å²) >= 11 is 0. The molecular weight excluding hydrogens is 448 g/mol. The van der Waals surface area contributed by atoms with Crippen molar-refractivity contribution in [2.75, 3.05) is 7.11 Å². The molecule has 36 heavy (non-hydrogen) atoms. The number of hydrogen-bond donors (Lipinski definition) is 1. The molecule has 0 amide bonds. The van der Waals surface area contributed by atoms with Crippen molar-refractivity contribution in [2.24, 2.45) is 50.2 Å². The number of aliphatic hydroxyl groups excluding tert-OH is 1. The number of hydrogen-bond acceptors (Lipinski definition) is 4. The van der Waals surface area contributed by atoms with E-state index in [1.54, 1.807) is 7.11 Å². The van der Waals surface area contributed by atoms with E-state index in [9.17, 15) is 14.7 Å². The van der Waals surface area contributed by atoms with Gasteiger partial charge in [0.2, 0.25) is 0 Å². The van der Waals surface area contributed by atoms with E-state index in [4.69, 9.17) is 4.74 Å². The molecule has 4 heteroatoms. The van der Waals surface area contributed by atoms with Crippen LogP contribution in [-0.2, 0) is 14.3 Å². The van der Waals surface area contributed by atoms with E-state index in [0.717, 1.165) is 57.6 Å². The second kappa shape index (κ2) is 7.73. The Morgan fingerprint density at radius 2 is 1.67 bits per heavy atom. The molecule has 0 aromatic rings. The zero-order chi connectivity index (χ0) is 26.5. The maximum atomic E-state index is 13.4. The van der Waals surface area contributed by atoms with Gasteiger partial charge in [-0.2, -0.15) is 0 Å². The van der Waals surface area contributed by atoms with E-state index in [1.165, 1.54) is 5.57 Å². The zero-order valence-corrected chi connectivity index (χ0v) is 23.9. The van der Waals surface area contributed by atoms with Gasteiger partial charge in [0.05, 0.1) is 18.8 Å². The minimum atomic E-state index is -0.464. The highest BCUT2D eigenvalue weighted by molar-refractivity contribution is 6.00. The fraction of sp³-hybridized carbons (Fsp3) is 0.812. The number of methoxy groups -OCH3 is 1. The Morgan fingerprint density at radius 3 is 2.31 bits per heavy atom. The van der Waals surface area contributed by atoms with Gasteiger partial charge in [0.25, 0.3) is 0 Å². The molecule has 0 spiro atoms. The summed E-state index contributed by atoms with van der Waals surface area (Å²) in [6, 6.07) is 0. The van der Waals surface area contributed by atoms with Crippen molar-refractivity contribution in [3.63, 3.8) is 0 Å². The molecule has 4 nitrogen and oxygen atoms in total. The van der Waals surface area contributed by atoms with Crippen LogP contribution in [0.4, 0.5) is 0 Å². The van der Waals surface area contributed by atoms with Crippen LogP contribution < -0.4 is 0 Å². The first-order valence-corrected chi connectivity index (χ1v) is 14.3. The molecule has 5 aliphatic rings. The van der Waals surface area contributed by atoms with Crippen molar-refractivity contribution >= 4 is 11.8 Å². The van der Waals surface area contributed by atoms with Gasteiger partial charge in [0.1, 0.15) is 0 Å². The van der Waals surface area contributed by atoms with Crippen LogP contribution >= 0.6 is 0 Å². The highest BCUT2D eigenvalue weighted by Gasteiger charge is 2.69. The van der Waals surface area contributed by atoms with Crippen LogP contribution in [0.1, 0.15) is 106 Å². The van der Waals surface area contributed by atoms with Gasteiger partial charge in [-0.1, -0.05) is 60.1 Å². The van der Waals surface area contributed by atoms with Crippen molar-refractivity contribution in [2.45, 2.75) is 106 Å². The van der Waals surface area contributed by atoms with E-state index in [1.807, 2.05) is 0 Å². The summed E-state index contributed by atoms with van der Waals surface area (Å²) in [5.74, 6) is 1.11. The first-order valence-electron chi connectivity index (χ1n) is 14.3. The highest BCUT2D eigenvalue weighted by Crippen LogP contribution is 2.75. The Kier molecular flexibility index (Phi) is 5.59. The summed E-state index contributed by atoms with van der Waals surface area (Å²) in [4.78, 5) is 26.6. The normalized spacial score (nSPS) is 48.1. The molecule has 0 aromatic heterocycles. The smallest absolute Gasteiger partial charge is 0.312 e. The van der Waals surface area contributed by atoms with Crippen molar-refractivity contribution in [3.05, 3.63) is 23.5 Å². The van der Waals surface area contributed by atoms with Crippen LogP contribution in [0, 0.1) is 50.2 Å². The Balaban J connectivity index is 1.62. The Bertz CT molecular complexity index is 1050. The lowest BCUT2D eigenvalue weighted by Gasteiger charge is -2.70. The van der Waals surface area contributed by atoms with Crippen molar-refractivity contribution in [1.29, 1.82) is 0 Å². The second-order valence-electron chi connectivity index (χ2n) is 15.2. The molecule has 0 bridgehead atoms. The molecule has 1 N–H and O–H groups in total. The molecule has 7 atom stereocenters. The predicted octanol–water partition coefficient (Wildman–Crippen LogP) is 7.58. The van der Waals surface area contributed by atoms with Crippen LogP contribution in [-0.4, -0.2) is 24.0 Å². The number of allylic oxidation sites excluding steroid dienone is 3. The van der Waals surface area contributed by atoms with Gasteiger partial charge in [-0.3, -0.25) is 9.59 Å². The minimum absolute atomic E-state index is 0.000774. The molecule has 4 saturated carbocycles. The van der Waals surface area contributed by atoms with Crippen molar-refractivity contribution in [1.82, 2.24) is 0 Å². The van der Waals surface area contributed by atoms with E-state index in [2.05, 4.69) is 54.5 Å². The van der Waals surface area contributed by atoms with E-state index < -0.39 is 5.41 Å². The number of fused-ring (bicyclic) bond motifs is 7. The Morgan fingerprint density at radius 1 is 1.00 bits per heavy atom. The van der Waals surface area contributed by atoms with Crippen LogP contribution in [0.3, 0.4) is 0 Å². The third-order valence-electron chi connectivity index (χ3n) is 13.0. The largest absolute Gasteiger partial charge is 0.515 e. The molecule has 0 aliphatic heterocycles. The number of aliphatic hydroxyl groups is 1. The summed E-state index contributed by atoms with van der Waals surface area (Å²) in [6.07, 6.45) is 12.4. The molecule has 200 valence electrons. The number of carbonyl (C=O) groups excluding carboxylic acids is 2. The third kappa shape index (κ3) is 3.05. The average Bonchev–Trinajstić information content (AvgIpc) is 2.81. The summed E-state index contributed by atoms with van der Waals surface area (Å²) < 4.78 is 5.48. The highest BCUT2D eigenvalue weighted by atomic mass is 16.5. The molecule has 4 fully saturated rings. The van der Waals surface area contributed by atoms with E-state index in [-0.39, 0.29) is 44.7 Å². The van der Waals surface area contributed by atoms with Crippen LogP contribution in [0.15, 0.2) is 23.5 Å². The zero-order valence-electron chi connectivity index (χ0n) is 23.9. The van der Waals surface area contributed by atoms with Gasteiger partial charge in [-0.15, -0.1) is 0 Å². The van der Waals surface area contributed by atoms with Crippen LogP contribution in [0.2, 0.25) is 0 Å². The van der Waals surface area contributed by atoms with Crippen LogP contribution in [0.5, 0.6) is 0 Å². The summed E-state index contributed by atoms with van der Waals surface area (Å²) in [7, 11) is 1.56. The standard InChI is InChI=1S/C32H48O4/c1-27(2)13-15-32(26(35)36-8)16-14-30(6)21(22(32)18-27)9-10-24-29(5)17-20(19-33)25(34)28(3,4)23(29)11-12-31(24,30)7/h9,19,22-24,33H,10-18H2,1-8H3/b20-19-/t22-,23+,24-,29-,30+,31+,32-/m0/s1. The maximum absolute atomic E-state index is 13.4. The predicted molar refractivity (Wildman–Crippen MR) is 142 cm³/mol. The fourth-order valence-corrected chi connectivity index (χ4v) is 10.8. The summed E-state index contributed by atoms with van der Waals surface area (Å²) in [5, 5.41) is 10.0. The van der Waals surface area contributed by atoms with E-state index >= 15 is 0 Å². The maximum Gasteiger partial charge on any atom is 0.312 e. The van der Waals surface area contributed by atoms with Gasteiger partial charge in [0.15, 0.2) is 5.78 Å². The lowest BCUT2D eigenvalue weighted by Crippen LogP contribution is -2.65. The molecule has 0 unspecified atom stereocenters. The van der Waals surface area contributed by atoms with Crippen molar-refractivity contribution in [3.8, 4) is 0 Å². The molecular formula is C32H48O4. The number of Topliss-reactive ketones (excluding diaryl/α,β-unsaturated/α-hetero) is 1. The number of rotatable bonds is 1. The van der Waals surface area contributed by atoms with Gasteiger partial charge in [-0.05, 0) is 97.2 Å². The Hall–Kier alpha value is -1.58. The number of ketones is 1. The van der Waals surface area contributed by atoms with Gasteiger partial charge >= 0.3 is 5.97 Å². The average molecular weight is 497 g/mol. The Labute approximate surface area is 218 Å². The first-order chi connectivity index (χ1) is 16.6. The lowest BCUT2D eigenvalue weighted by atomic mass is 9.33. The molecule has 0 radical (unpaired) electrons. The fourth-order valence-electron chi connectivity index (χ4n) is 10.8. The SMILES string of the molecule is COC(=O)[C@]12CCC(C)(C)C[C@H]1C1=CC[C@H]3[C@@]4(C)C/C(=C/O)C(=O)C(C)(C)[C@H]4CC[C@@]3(C)[C@]1(C)CC2. The number of esters is 1. The van der Waals surface area contributed by atoms with Gasteiger partial charge in [-0.25, -0.2) is 0 Å². The van der Waals surface area contributed by atoms with Gasteiger partial charge in [0, 0.05) is 11.0 Å². The molecule has 5 aliphatic carbocycles. The monoisotopic (exact) mass is 496 g/mol. The first kappa shape index (κ1) is 26.0. The molecule has 0 aromatic carbocycles. The number of ether oxygens (including phenoxy) is 1. The summed E-state index contributed by atoms with van der Waals surface area (Å²) in [5.41, 5.74) is 1.56. The molecule has 0 saturated heterocycles. The van der Waals surface area contributed by atoms with Crippen molar-refractivity contribution < 1.29 is 19.4 Å². The summed E-state index contributed by atoms with van der Waals surface area (Å²) in [6.45, 7) is 16.4. The minimum Gasteiger partial charge on any atom is -0.515 e. The number of carbonyl (C=O) groups is 2. The lowest BCUT2D eigenvalue weighted by molar-refractivity contribution is -0.185. The van der Waals surface area contributed by atoms with Crippen LogP contribution in [0.25, 0.3) is 0 Å². The third-order valence-corrected chi connectivity index (χ3v) is 13.0. The second-order valence-corrected chi connectivity index (χ2v) is 15.2. The quantitative estimate of drug-likeness (QED) is 0.176. The van der Waals surface area contributed by atoms with E-state index in [0.29, 0.717) is 23.8 Å².